The van der Waals surface area contributed by atoms with E-state index < -0.39 is 6.10 Å². The van der Waals surface area contributed by atoms with Gasteiger partial charge in [-0.1, -0.05) is 30.3 Å². The summed E-state index contributed by atoms with van der Waals surface area (Å²) in [5.74, 6) is 0.869. The third kappa shape index (κ3) is 4.91. The fraction of sp³-hybridized carbons (Fsp3) is 0.333. The van der Waals surface area contributed by atoms with Crippen LogP contribution < -0.4 is 15.5 Å². The molecule has 0 spiro atoms. The van der Waals surface area contributed by atoms with Crippen LogP contribution in [0.5, 0.6) is 0 Å². The molecule has 132 valence electrons. The number of anilines is 2. The number of carbonyl (C=O) groups excluding carboxylic acids is 1. The van der Waals surface area contributed by atoms with Gasteiger partial charge < -0.3 is 25.4 Å². The molecule has 0 radical (unpaired) electrons. The van der Waals surface area contributed by atoms with Crippen molar-refractivity contribution in [1.82, 2.24) is 10.3 Å². The molecule has 3 N–H and O–H groups in total. The minimum atomic E-state index is -0.742. The quantitative estimate of drug-likeness (QED) is 0.771. The van der Waals surface area contributed by atoms with Crippen molar-refractivity contribution in [1.29, 1.82) is 0 Å². The summed E-state index contributed by atoms with van der Waals surface area (Å²) in [7, 11) is 0. The van der Waals surface area contributed by atoms with E-state index in [-0.39, 0.29) is 12.6 Å². The largest absolute Gasteiger partial charge is 0.387 e. The van der Waals surface area contributed by atoms with Crippen LogP contribution in [0.4, 0.5) is 16.3 Å². The smallest absolute Gasteiger partial charge is 0.319 e. The number of nitrogens with zero attached hydrogens (tertiary/aromatic N) is 2. The number of aromatic nitrogens is 1. The molecule has 2 aromatic rings. The van der Waals surface area contributed by atoms with E-state index in [0.29, 0.717) is 18.9 Å². The fourth-order valence-corrected chi connectivity index (χ4v) is 2.60. The standard InChI is InChI=1S/C18H22N4O3/c23-16(14-4-2-1-3-5-14)13-20-18(24)21-15-6-7-17(19-12-15)22-8-10-25-11-9-22/h1-7,12,16,23H,8-11,13H2,(H2,20,21,24)/t16-/m0/s1. The molecule has 0 aliphatic carbocycles. The van der Waals surface area contributed by atoms with Gasteiger partial charge in [0.1, 0.15) is 5.82 Å². The van der Waals surface area contributed by atoms with Crippen molar-refractivity contribution in [3.05, 3.63) is 54.2 Å². The molecule has 25 heavy (non-hydrogen) atoms. The Morgan fingerprint density at radius 1 is 1.20 bits per heavy atom. The third-order valence-corrected chi connectivity index (χ3v) is 3.98. The fourth-order valence-electron chi connectivity index (χ4n) is 2.60. The number of hydrogen-bond donors (Lipinski definition) is 3. The maximum absolute atomic E-state index is 11.9. The van der Waals surface area contributed by atoms with Gasteiger partial charge in [0, 0.05) is 19.6 Å². The Balaban J connectivity index is 1.47. The van der Waals surface area contributed by atoms with Crippen molar-refractivity contribution >= 4 is 17.5 Å². The predicted molar refractivity (Wildman–Crippen MR) is 95.7 cm³/mol. The molecule has 0 saturated carbocycles. The second-order valence-corrected chi connectivity index (χ2v) is 5.77. The van der Waals surface area contributed by atoms with E-state index in [0.717, 1.165) is 24.5 Å². The number of aliphatic hydroxyl groups is 1. The Bertz CT molecular complexity index is 672. The minimum Gasteiger partial charge on any atom is -0.387 e. The average Bonchev–Trinajstić information content (AvgIpc) is 2.68. The zero-order chi connectivity index (χ0) is 17.5. The van der Waals surface area contributed by atoms with Gasteiger partial charge in [-0.25, -0.2) is 9.78 Å². The van der Waals surface area contributed by atoms with Gasteiger partial charge in [-0.15, -0.1) is 0 Å². The lowest BCUT2D eigenvalue weighted by Crippen LogP contribution is -2.36. The van der Waals surface area contributed by atoms with Crippen LogP contribution in [0, 0.1) is 0 Å². The second kappa shape index (κ2) is 8.46. The van der Waals surface area contributed by atoms with Crippen molar-refractivity contribution in [2.45, 2.75) is 6.10 Å². The van der Waals surface area contributed by atoms with E-state index in [1.54, 1.807) is 6.20 Å². The van der Waals surface area contributed by atoms with Crippen LogP contribution in [0.25, 0.3) is 0 Å². The molecule has 7 nitrogen and oxygen atoms in total. The Labute approximate surface area is 146 Å². The maximum atomic E-state index is 11.9. The first kappa shape index (κ1) is 17.2. The van der Waals surface area contributed by atoms with Crippen molar-refractivity contribution in [3.63, 3.8) is 0 Å². The number of rotatable bonds is 5. The normalized spacial score (nSPS) is 15.5. The van der Waals surface area contributed by atoms with Crippen LogP contribution in [0.1, 0.15) is 11.7 Å². The van der Waals surface area contributed by atoms with Gasteiger partial charge in [0.2, 0.25) is 0 Å². The van der Waals surface area contributed by atoms with E-state index in [9.17, 15) is 9.90 Å². The molecule has 1 atom stereocenters. The lowest BCUT2D eigenvalue weighted by Gasteiger charge is -2.27. The highest BCUT2D eigenvalue weighted by Crippen LogP contribution is 2.15. The van der Waals surface area contributed by atoms with Crippen LogP contribution in [0.15, 0.2) is 48.7 Å². The second-order valence-electron chi connectivity index (χ2n) is 5.77. The molecule has 1 aliphatic rings. The molecule has 1 saturated heterocycles. The summed E-state index contributed by atoms with van der Waals surface area (Å²) in [6.45, 7) is 3.17. The van der Waals surface area contributed by atoms with Gasteiger partial charge in [0.25, 0.3) is 0 Å². The van der Waals surface area contributed by atoms with Crippen molar-refractivity contribution in [2.24, 2.45) is 0 Å². The lowest BCUT2D eigenvalue weighted by molar-refractivity contribution is 0.122. The molecule has 1 fully saturated rings. The van der Waals surface area contributed by atoms with Gasteiger partial charge in [-0.05, 0) is 17.7 Å². The predicted octanol–water partition coefficient (Wildman–Crippen LogP) is 1.77. The number of hydrogen-bond acceptors (Lipinski definition) is 5. The Morgan fingerprint density at radius 2 is 1.96 bits per heavy atom. The molecule has 2 heterocycles. The van der Waals surface area contributed by atoms with E-state index in [1.165, 1.54) is 0 Å². The van der Waals surface area contributed by atoms with E-state index in [2.05, 4.69) is 20.5 Å². The first-order valence-electron chi connectivity index (χ1n) is 8.29. The van der Waals surface area contributed by atoms with Gasteiger partial charge >= 0.3 is 6.03 Å². The van der Waals surface area contributed by atoms with Gasteiger partial charge in [0.05, 0.1) is 31.2 Å². The zero-order valence-electron chi connectivity index (χ0n) is 13.9. The number of benzene rings is 1. The van der Waals surface area contributed by atoms with E-state index in [1.807, 2.05) is 42.5 Å². The van der Waals surface area contributed by atoms with Crippen LogP contribution in [-0.4, -0.2) is 49.0 Å². The molecule has 2 amide bonds. The molecule has 0 bridgehead atoms. The Morgan fingerprint density at radius 3 is 2.64 bits per heavy atom. The number of pyridine rings is 1. The number of nitrogens with one attached hydrogen (secondary N) is 2. The van der Waals surface area contributed by atoms with Crippen LogP contribution in [0.3, 0.4) is 0 Å². The van der Waals surface area contributed by atoms with Crippen LogP contribution in [0.2, 0.25) is 0 Å². The summed E-state index contributed by atoms with van der Waals surface area (Å²) >= 11 is 0. The zero-order valence-corrected chi connectivity index (χ0v) is 13.9. The van der Waals surface area contributed by atoms with Gasteiger partial charge in [-0.2, -0.15) is 0 Å². The summed E-state index contributed by atoms with van der Waals surface area (Å²) in [4.78, 5) is 18.5. The topological polar surface area (TPSA) is 86.7 Å². The van der Waals surface area contributed by atoms with Crippen molar-refractivity contribution in [3.8, 4) is 0 Å². The van der Waals surface area contributed by atoms with Gasteiger partial charge in [0.15, 0.2) is 0 Å². The van der Waals surface area contributed by atoms with Crippen molar-refractivity contribution in [2.75, 3.05) is 43.1 Å². The van der Waals surface area contributed by atoms with E-state index in [4.69, 9.17) is 4.74 Å². The van der Waals surface area contributed by atoms with Crippen LogP contribution in [-0.2, 0) is 4.74 Å². The summed E-state index contributed by atoms with van der Waals surface area (Å²) in [5.41, 5.74) is 1.36. The SMILES string of the molecule is O=C(NC[C@H](O)c1ccccc1)Nc1ccc(N2CCOCC2)nc1. The first-order valence-corrected chi connectivity index (χ1v) is 8.29. The molecular weight excluding hydrogens is 320 g/mol. The molecule has 1 aromatic carbocycles. The number of amides is 2. The highest BCUT2D eigenvalue weighted by atomic mass is 16.5. The molecule has 0 unspecified atom stereocenters. The number of carbonyl (C=O) groups is 1. The number of aliphatic hydroxyl groups excluding tert-OH is 1. The minimum absolute atomic E-state index is 0.134. The Hall–Kier alpha value is -2.64. The Kier molecular flexibility index (Phi) is 5.81. The number of ether oxygens (including phenoxy) is 1. The highest BCUT2D eigenvalue weighted by molar-refractivity contribution is 5.89. The maximum Gasteiger partial charge on any atom is 0.319 e. The summed E-state index contributed by atoms with van der Waals surface area (Å²) in [6, 6.07) is 12.5. The van der Waals surface area contributed by atoms with Crippen LogP contribution >= 0.6 is 0 Å². The summed E-state index contributed by atoms with van der Waals surface area (Å²) in [5, 5.41) is 15.4. The van der Waals surface area contributed by atoms with Crippen molar-refractivity contribution < 1.29 is 14.6 Å². The molecular formula is C18H22N4O3. The number of morpholine rings is 1. The molecule has 3 rings (SSSR count). The first-order chi connectivity index (χ1) is 12.2. The average molecular weight is 342 g/mol. The molecule has 1 aromatic heterocycles. The van der Waals surface area contributed by atoms with E-state index >= 15 is 0 Å². The summed E-state index contributed by atoms with van der Waals surface area (Å²) in [6.07, 6.45) is 0.881. The monoisotopic (exact) mass is 342 g/mol. The third-order valence-electron chi connectivity index (χ3n) is 3.98. The van der Waals surface area contributed by atoms with Gasteiger partial charge in [-0.3, -0.25) is 0 Å². The number of urea groups is 1. The summed E-state index contributed by atoms with van der Waals surface area (Å²) < 4.78 is 5.32. The highest BCUT2D eigenvalue weighted by Gasteiger charge is 2.13. The lowest BCUT2D eigenvalue weighted by atomic mass is 10.1. The molecule has 1 aliphatic heterocycles. The molecule has 7 heteroatoms.